The van der Waals surface area contributed by atoms with Crippen LogP contribution in [0, 0.1) is 11.7 Å². The minimum Gasteiger partial charge on any atom is -0.377 e. The average molecular weight is 456 g/mol. The Hall–Kier alpha value is -2.93. The van der Waals surface area contributed by atoms with E-state index in [9.17, 15) is 14.0 Å². The van der Waals surface area contributed by atoms with Gasteiger partial charge in [0, 0.05) is 57.2 Å². The third-order valence-electron chi connectivity index (χ3n) is 5.61. The van der Waals surface area contributed by atoms with Crippen molar-refractivity contribution in [3.8, 4) is 0 Å². The SMILES string of the molecule is CC(C)CC(=O)Nc1ccc(N(C)C)c(CN(CC2CCCO2)C(=O)c2cccc(F)c2)c1. The maximum Gasteiger partial charge on any atom is 0.254 e. The molecule has 0 aliphatic carbocycles. The number of carbonyl (C=O) groups excluding carboxylic acids is 2. The van der Waals surface area contributed by atoms with Gasteiger partial charge in [-0.2, -0.15) is 0 Å². The molecule has 1 fully saturated rings. The summed E-state index contributed by atoms with van der Waals surface area (Å²) < 4.78 is 19.6. The molecule has 178 valence electrons. The highest BCUT2D eigenvalue weighted by molar-refractivity contribution is 5.94. The van der Waals surface area contributed by atoms with Crippen LogP contribution in [-0.4, -0.2) is 50.1 Å². The summed E-state index contributed by atoms with van der Waals surface area (Å²) in [6.45, 7) is 5.43. The number of nitrogens with one attached hydrogen (secondary N) is 1. The summed E-state index contributed by atoms with van der Waals surface area (Å²) in [7, 11) is 3.88. The molecule has 2 amide bonds. The number of hydrogen-bond donors (Lipinski definition) is 1. The van der Waals surface area contributed by atoms with Crippen LogP contribution in [0.5, 0.6) is 0 Å². The zero-order chi connectivity index (χ0) is 24.0. The molecule has 33 heavy (non-hydrogen) atoms. The van der Waals surface area contributed by atoms with E-state index in [0.717, 1.165) is 24.1 Å². The summed E-state index contributed by atoms with van der Waals surface area (Å²) in [6, 6.07) is 11.5. The normalized spacial score (nSPS) is 15.5. The van der Waals surface area contributed by atoms with E-state index in [4.69, 9.17) is 4.74 Å². The van der Waals surface area contributed by atoms with Crippen LogP contribution in [-0.2, 0) is 16.1 Å². The first-order valence-corrected chi connectivity index (χ1v) is 11.5. The van der Waals surface area contributed by atoms with Gasteiger partial charge in [-0.05, 0) is 60.7 Å². The smallest absolute Gasteiger partial charge is 0.254 e. The molecule has 0 spiro atoms. The number of carbonyl (C=O) groups is 2. The van der Waals surface area contributed by atoms with Crippen LogP contribution in [0.3, 0.4) is 0 Å². The van der Waals surface area contributed by atoms with E-state index < -0.39 is 5.82 Å². The average Bonchev–Trinajstić information content (AvgIpc) is 3.25. The highest BCUT2D eigenvalue weighted by Gasteiger charge is 2.25. The lowest BCUT2D eigenvalue weighted by molar-refractivity contribution is -0.116. The Balaban J connectivity index is 1.89. The van der Waals surface area contributed by atoms with Crippen LogP contribution in [0.2, 0.25) is 0 Å². The van der Waals surface area contributed by atoms with E-state index in [1.807, 2.05) is 51.0 Å². The second-order valence-electron chi connectivity index (χ2n) is 9.22. The molecule has 1 N–H and O–H groups in total. The third-order valence-corrected chi connectivity index (χ3v) is 5.61. The molecule has 3 rings (SSSR count). The van der Waals surface area contributed by atoms with Crippen LogP contribution in [0.15, 0.2) is 42.5 Å². The molecule has 1 heterocycles. The van der Waals surface area contributed by atoms with Crippen LogP contribution in [0.25, 0.3) is 0 Å². The second-order valence-corrected chi connectivity index (χ2v) is 9.22. The van der Waals surface area contributed by atoms with E-state index in [1.165, 1.54) is 12.1 Å². The Morgan fingerprint density at radius 2 is 1.97 bits per heavy atom. The van der Waals surface area contributed by atoms with Gasteiger partial charge < -0.3 is 19.9 Å². The van der Waals surface area contributed by atoms with Crippen molar-refractivity contribution >= 4 is 23.2 Å². The van der Waals surface area contributed by atoms with Crippen molar-refractivity contribution in [2.45, 2.75) is 45.8 Å². The maximum absolute atomic E-state index is 13.8. The number of benzene rings is 2. The molecule has 1 unspecified atom stereocenters. The predicted molar refractivity (Wildman–Crippen MR) is 129 cm³/mol. The fourth-order valence-corrected chi connectivity index (χ4v) is 4.07. The van der Waals surface area contributed by atoms with Gasteiger partial charge in [0.25, 0.3) is 5.91 Å². The Morgan fingerprint density at radius 3 is 2.61 bits per heavy atom. The number of hydrogen-bond acceptors (Lipinski definition) is 4. The third kappa shape index (κ3) is 7.02. The topological polar surface area (TPSA) is 61.9 Å². The van der Waals surface area contributed by atoms with Crippen LogP contribution >= 0.6 is 0 Å². The van der Waals surface area contributed by atoms with Crippen molar-refractivity contribution in [3.63, 3.8) is 0 Å². The number of amides is 2. The first-order chi connectivity index (χ1) is 15.7. The van der Waals surface area contributed by atoms with Gasteiger partial charge in [0.15, 0.2) is 0 Å². The van der Waals surface area contributed by atoms with Crippen molar-refractivity contribution in [3.05, 3.63) is 59.4 Å². The van der Waals surface area contributed by atoms with Gasteiger partial charge in [0.1, 0.15) is 5.82 Å². The first kappa shape index (κ1) is 24.7. The molecule has 1 aliphatic rings. The van der Waals surface area contributed by atoms with Gasteiger partial charge in [-0.1, -0.05) is 19.9 Å². The largest absolute Gasteiger partial charge is 0.377 e. The molecule has 1 atom stereocenters. The summed E-state index contributed by atoms with van der Waals surface area (Å²) in [5.41, 5.74) is 2.84. The van der Waals surface area contributed by atoms with Crippen molar-refractivity contribution in [1.82, 2.24) is 4.90 Å². The molecule has 1 saturated heterocycles. The lowest BCUT2D eigenvalue weighted by Gasteiger charge is -2.28. The summed E-state index contributed by atoms with van der Waals surface area (Å²) in [4.78, 5) is 29.4. The predicted octanol–water partition coefficient (Wildman–Crippen LogP) is 4.70. The van der Waals surface area contributed by atoms with Gasteiger partial charge in [0.2, 0.25) is 5.91 Å². The van der Waals surface area contributed by atoms with Crippen LogP contribution in [0.4, 0.5) is 15.8 Å². The Morgan fingerprint density at radius 1 is 1.18 bits per heavy atom. The molecule has 0 aromatic heterocycles. The van der Waals surface area contributed by atoms with Crippen LogP contribution < -0.4 is 10.2 Å². The van der Waals surface area contributed by atoms with Gasteiger partial charge in [-0.25, -0.2) is 4.39 Å². The second kappa shape index (κ2) is 11.3. The molecule has 1 aliphatic heterocycles. The highest BCUT2D eigenvalue weighted by Crippen LogP contribution is 2.26. The lowest BCUT2D eigenvalue weighted by atomic mass is 10.1. The molecule has 6 nitrogen and oxygen atoms in total. The Bertz CT molecular complexity index is 971. The Labute approximate surface area is 195 Å². The molecule has 2 aromatic rings. The lowest BCUT2D eigenvalue weighted by Crippen LogP contribution is -2.37. The number of halogens is 1. The van der Waals surface area contributed by atoms with Gasteiger partial charge in [-0.15, -0.1) is 0 Å². The monoisotopic (exact) mass is 455 g/mol. The van der Waals surface area contributed by atoms with E-state index >= 15 is 0 Å². The molecule has 0 bridgehead atoms. The number of anilines is 2. The minimum absolute atomic E-state index is 0.0411. The molecule has 7 heteroatoms. The van der Waals surface area contributed by atoms with E-state index in [1.54, 1.807) is 17.0 Å². The summed E-state index contributed by atoms with van der Waals surface area (Å²) >= 11 is 0. The molecular weight excluding hydrogens is 421 g/mol. The molecule has 0 saturated carbocycles. The molecular formula is C26H34FN3O3. The minimum atomic E-state index is -0.443. The number of nitrogens with zero attached hydrogens (tertiary/aromatic N) is 2. The summed E-state index contributed by atoms with van der Waals surface area (Å²) in [5.74, 6) is -0.470. The summed E-state index contributed by atoms with van der Waals surface area (Å²) in [6.07, 6.45) is 2.25. The van der Waals surface area contributed by atoms with Gasteiger partial charge in [0.05, 0.1) is 6.10 Å². The summed E-state index contributed by atoms with van der Waals surface area (Å²) in [5, 5.41) is 2.96. The fourth-order valence-electron chi connectivity index (χ4n) is 4.07. The number of rotatable bonds is 9. The standard InChI is InChI=1S/C26H34FN3O3/c1-18(2)13-25(31)28-22-10-11-24(29(3)4)20(15-22)16-30(17-23-9-6-12-33-23)26(32)19-7-5-8-21(27)14-19/h5,7-8,10-11,14-15,18,23H,6,9,12-13,16-17H2,1-4H3,(H,28,31). The van der Waals surface area contributed by atoms with Gasteiger partial charge in [-0.3, -0.25) is 9.59 Å². The first-order valence-electron chi connectivity index (χ1n) is 11.5. The van der Waals surface area contributed by atoms with Crippen LogP contribution in [0.1, 0.15) is 49.0 Å². The highest BCUT2D eigenvalue weighted by atomic mass is 19.1. The molecule has 2 aromatic carbocycles. The molecule has 0 radical (unpaired) electrons. The van der Waals surface area contributed by atoms with Crippen molar-refractivity contribution in [2.75, 3.05) is 37.5 Å². The van der Waals surface area contributed by atoms with E-state index in [2.05, 4.69) is 5.32 Å². The quantitative estimate of drug-likeness (QED) is 0.596. The van der Waals surface area contributed by atoms with E-state index in [-0.39, 0.29) is 23.8 Å². The number of ether oxygens (including phenoxy) is 1. The zero-order valence-electron chi connectivity index (χ0n) is 19.9. The van der Waals surface area contributed by atoms with Crippen molar-refractivity contribution in [1.29, 1.82) is 0 Å². The van der Waals surface area contributed by atoms with Gasteiger partial charge >= 0.3 is 0 Å². The van der Waals surface area contributed by atoms with Crippen molar-refractivity contribution < 1.29 is 18.7 Å². The Kier molecular flexibility index (Phi) is 8.44. The maximum atomic E-state index is 13.8. The van der Waals surface area contributed by atoms with Crippen molar-refractivity contribution in [2.24, 2.45) is 5.92 Å². The zero-order valence-corrected chi connectivity index (χ0v) is 19.9. The van der Waals surface area contributed by atoms with E-state index in [0.29, 0.717) is 37.4 Å². The fraction of sp³-hybridized carbons (Fsp3) is 0.462.